The minimum absolute atomic E-state index is 0.300. The van der Waals surface area contributed by atoms with Crippen molar-refractivity contribution in [3.8, 4) is 17.4 Å². The lowest BCUT2D eigenvalue weighted by Gasteiger charge is -2.29. The number of H-pyrrole nitrogens is 1. The van der Waals surface area contributed by atoms with Gasteiger partial charge in [-0.25, -0.2) is 14.8 Å². The van der Waals surface area contributed by atoms with Crippen LogP contribution < -0.4 is 25.5 Å². The highest BCUT2D eigenvalue weighted by atomic mass is 32.1. The van der Waals surface area contributed by atoms with Gasteiger partial charge in [-0.2, -0.15) is 0 Å². The van der Waals surface area contributed by atoms with Gasteiger partial charge in [0.15, 0.2) is 0 Å². The van der Waals surface area contributed by atoms with Crippen molar-refractivity contribution < 1.29 is 14.2 Å². The summed E-state index contributed by atoms with van der Waals surface area (Å²) in [6.45, 7) is 3.92. The monoisotopic (exact) mass is 509 g/mol. The second-order valence-corrected chi connectivity index (χ2v) is 10.3. The summed E-state index contributed by atoms with van der Waals surface area (Å²) in [4.78, 5) is 40.4. The van der Waals surface area contributed by atoms with Crippen LogP contribution in [-0.2, 0) is 6.54 Å². The molecule has 1 N–H and O–H groups in total. The molecule has 188 valence electrons. The molecule has 2 aliphatic heterocycles. The van der Waals surface area contributed by atoms with Crippen LogP contribution in [0.4, 0.5) is 0 Å². The summed E-state index contributed by atoms with van der Waals surface area (Å²) in [5, 5.41) is 0. The van der Waals surface area contributed by atoms with Crippen LogP contribution in [0.15, 0.2) is 34.0 Å². The SMILES string of the molecule is COc1cnc2sc3c(=O)n(CCCCN4C[C@H]5COc6cccc(OC)c6[C@@H]5C4)c(=O)[nH]c3c2n1. The van der Waals surface area contributed by atoms with E-state index in [1.807, 2.05) is 18.2 Å². The molecule has 5 heterocycles. The number of ether oxygens (including phenoxy) is 3. The molecule has 6 rings (SSSR count). The van der Waals surface area contributed by atoms with Gasteiger partial charge in [-0.1, -0.05) is 6.07 Å². The zero-order chi connectivity index (χ0) is 24.8. The maximum absolute atomic E-state index is 13.1. The van der Waals surface area contributed by atoms with Crippen LogP contribution in [-0.4, -0.2) is 64.9 Å². The highest BCUT2D eigenvalue weighted by Gasteiger charge is 2.40. The third-order valence-corrected chi connectivity index (χ3v) is 8.27. The molecule has 0 aliphatic carbocycles. The van der Waals surface area contributed by atoms with Gasteiger partial charge in [-0.05, 0) is 31.5 Å². The van der Waals surface area contributed by atoms with Crippen LogP contribution in [0, 0.1) is 5.92 Å². The van der Waals surface area contributed by atoms with Crippen molar-refractivity contribution in [1.29, 1.82) is 0 Å². The Bertz CT molecular complexity index is 1550. The second-order valence-electron chi connectivity index (χ2n) is 9.28. The number of methoxy groups -OCH3 is 2. The van der Waals surface area contributed by atoms with E-state index in [1.165, 1.54) is 34.8 Å². The molecule has 36 heavy (non-hydrogen) atoms. The summed E-state index contributed by atoms with van der Waals surface area (Å²) in [7, 11) is 3.20. The van der Waals surface area contributed by atoms with Crippen LogP contribution in [0.3, 0.4) is 0 Å². The standard InChI is InChI=1S/C25H27N5O5S/c1-33-16-6-5-7-17-19(16)15-12-29(11-14(15)13-35-17)8-3-4-9-30-24(31)22-20(28-25(30)32)21-23(36-22)26-10-18(27-21)34-2/h5-7,10,14-15H,3-4,8-9,11-13H2,1-2H3,(H,28,32)/t14-,15+/m0/s1. The zero-order valence-electron chi connectivity index (χ0n) is 20.2. The van der Waals surface area contributed by atoms with E-state index < -0.39 is 5.69 Å². The summed E-state index contributed by atoms with van der Waals surface area (Å²) in [6, 6.07) is 5.98. The normalized spacial score (nSPS) is 19.3. The summed E-state index contributed by atoms with van der Waals surface area (Å²) in [5.41, 5.74) is 1.35. The van der Waals surface area contributed by atoms with E-state index in [-0.39, 0.29) is 5.56 Å². The third kappa shape index (κ3) is 3.82. The Kier molecular flexibility index (Phi) is 5.88. The average molecular weight is 510 g/mol. The fourth-order valence-electron chi connectivity index (χ4n) is 5.45. The Balaban J connectivity index is 1.13. The molecule has 1 aromatic carbocycles. The first-order chi connectivity index (χ1) is 17.6. The summed E-state index contributed by atoms with van der Waals surface area (Å²) in [5.74, 6) is 2.99. The number of fused-ring (bicyclic) bond motifs is 6. The van der Waals surface area contributed by atoms with Crippen molar-refractivity contribution in [1.82, 2.24) is 24.4 Å². The van der Waals surface area contributed by atoms with E-state index in [0.29, 0.717) is 44.8 Å². The first kappa shape index (κ1) is 23.0. The smallest absolute Gasteiger partial charge is 0.328 e. The number of benzene rings is 1. The topological polar surface area (TPSA) is 112 Å². The number of aromatic amines is 1. The van der Waals surface area contributed by atoms with Crippen molar-refractivity contribution in [3.63, 3.8) is 0 Å². The molecule has 0 amide bonds. The number of likely N-dealkylation sites (tertiary alicyclic amines) is 1. The molecule has 0 unspecified atom stereocenters. The van der Waals surface area contributed by atoms with Gasteiger partial charge in [-0.3, -0.25) is 9.36 Å². The third-order valence-electron chi connectivity index (χ3n) is 7.20. The molecule has 0 saturated carbocycles. The Morgan fingerprint density at radius 3 is 2.86 bits per heavy atom. The number of hydrogen-bond donors (Lipinski definition) is 1. The lowest BCUT2D eigenvalue weighted by atomic mass is 9.86. The number of nitrogens with one attached hydrogen (secondary N) is 1. The number of thiophene rings is 1. The van der Waals surface area contributed by atoms with Gasteiger partial charge in [0.05, 0.1) is 32.5 Å². The van der Waals surface area contributed by atoms with Gasteiger partial charge in [0, 0.05) is 37.0 Å². The maximum atomic E-state index is 13.1. The quantitative estimate of drug-likeness (QED) is 0.379. The highest BCUT2D eigenvalue weighted by Crippen LogP contribution is 2.46. The first-order valence-corrected chi connectivity index (χ1v) is 12.9. The Morgan fingerprint density at radius 2 is 2.03 bits per heavy atom. The van der Waals surface area contributed by atoms with E-state index in [2.05, 4.69) is 19.9 Å². The van der Waals surface area contributed by atoms with Gasteiger partial charge in [0.2, 0.25) is 5.88 Å². The fraction of sp³-hybridized carbons (Fsp3) is 0.440. The first-order valence-electron chi connectivity index (χ1n) is 12.1. The molecule has 0 bridgehead atoms. The van der Waals surface area contributed by atoms with E-state index in [4.69, 9.17) is 14.2 Å². The van der Waals surface area contributed by atoms with E-state index in [1.54, 1.807) is 7.11 Å². The molecule has 1 fully saturated rings. The lowest BCUT2D eigenvalue weighted by Crippen LogP contribution is -2.34. The van der Waals surface area contributed by atoms with Crippen molar-refractivity contribution in [2.75, 3.05) is 40.5 Å². The minimum atomic E-state index is -0.426. The molecular weight excluding hydrogens is 482 g/mol. The molecule has 1 saturated heterocycles. The predicted octanol–water partition coefficient (Wildman–Crippen LogP) is 2.60. The predicted molar refractivity (Wildman–Crippen MR) is 137 cm³/mol. The Morgan fingerprint density at radius 1 is 1.17 bits per heavy atom. The zero-order valence-corrected chi connectivity index (χ0v) is 21.0. The van der Waals surface area contributed by atoms with Crippen LogP contribution >= 0.6 is 11.3 Å². The van der Waals surface area contributed by atoms with Crippen molar-refractivity contribution >= 4 is 31.9 Å². The van der Waals surface area contributed by atoms with E-state index in [0.717, 1.165) is 50.6 Å². The maximum Gasteiger partial charge on any atom is 0.328 e. The van der Waals surface area contributed by atoms with Crippen LogP contribution in [0.1, 0.15) is 24.3 Å². The number of unbranched alkanes of at least 4 members (excludes halogenated alkanes) is 1. The highest BCUT2D eigenvalue weighted by molar-refractivity contribution is 7.25. The lowest BCUT2D eigenvalue weighted by molar-refractivity contribution is 0.209. The summed E-state index contributed by atoms with van der Waals surface area (Å²) < 4.78 is 18.5. The largest absolute Gasteiger partial charge is 0.496 e. The van der Waals surface area contributed by atoms with Crippen molar-refractivity contribution in [2.45, 2.75) is 25.3 Å². The van der Waals surface area contributed by atoms with Gasteiger partial charge in [0.25, 0.3) is 5.56 Å². The second kappa shape index (κ2) is 9.21. The Labute approximate surface area is 210 Å². The molecule has 0 spiro atoms. The van der Waals surface area contributed by atoms with Gasteiger partial charge in [-0.15, -0.1) is 11.3 Å². The fourth-order valence-corrected chi connectivity index (χ4v) is 6.44. The number of rotatable bonds is 7. The molecular formula is C25H27N5O5S. The Hall–Kier alpha value is -3.44. The number of aromatic nitrogens is 4. The van der Waals surface area contributed by atoms with Gasteiger partial charge in [0.1, 0.15) is 26.5 Å². The summed E-state index contributed by atoms with van der Waals surface area (Å²) >= 11 is 1.24. The van der Waals surface area contributed by atoms with Gasteiger partial charge < -0.3 is 24.1 Å². The van der Waals surface area contributed by atoms with Crippen LogP contribution in [0.25, 0.3) is 20.6 Å². The molecule has 2 aliphatic rings. The molecule has 0 radical (unpaired) electrons. The number of nitrogens with zero attached hydrogens (tertiary/aromatic N) is 4. The minimum Gasteiger partial charge on any atom is -0.496 e. The molecule has 2 atom stereocenters. The van der Waals surface area contributed by atoms with Crippen LogP contribution in [0.5, 0.6) is 17.4 Å². The van der Waals surface area contributed by atoms with E-state index in [9.17, 15) is 9.59 Å². The molecule has 11 heteroatoms. The number of hydrogen-bond acceptors (Lipinski definition) is 9. The van der Waals surface area contributed by atoms with Crippen molar-refractivity contribution in [2.24, 2.45) is 5.92 Å². The summed E-state index contributed by atoms with van der Waals surface area (Å²) in [6.07, 6.45) is 3.12. The molecule has 3 aromatic heterocycles. The molecule has 4 aromatic rings. The molecule has 10 nitrogen and oxygen atoms in total. The van der Waals surface area contributed by atoms with Crippen LogP contribution in [0.2, 0.25) is 0 Å². The van der Waals surface area contributed by atoms with Crippen molar-refractivity contribution in [3.05, 3.63) is 50.8 Å². The average Bonchev–Trinajstić information content (AvgIpc) is 3.48. The van der Waals surface area contributed by atoms with E-state index >= 15 is 0 Å². The van der Waals surface area contributed by atoms with Gasteiger partial charge >= 0.3 is 5.69 Å².